The molecular weight excluding hydrogens is 440 g/mol. The molecule has 2 N–H and O–H groups in total. The third-order valence-corrected chi connectivity index (χ3v) is 6.66. The molecule has 0 atom stereocenters. The van der Waals surface area contributed by atoms with E-state index in [2.05, 4.69) is 15.1 Å². The highest BCUT2D eigenvalue weighted by Crippen LogP contribution is 2.28. The van der Waals surface area contributed by atoms with Crippen molar-refractivity contribution in [2.45, 2.75) is 31.0 Å². The minimum atomic E-state index is -3.68. The zero-order valence-electron chi connectivity index (χ0n) is 18.0. The summed E-state index contributed by atoms with van der Waals surface area (Å²) in [5.41, 5.74) is 8.77. The van der Waals surface area contributed by atoms with Crippen molar-refractivity contribution in [2.75, 3.05) is 16.9 Å². The van der Waals surface area contributed by atoms with Crippen molar-refractivity contribution in [3.05, 3.63) is 71.7 Å². The van der Waals surface area contributed by atoms with Gasteiger partial charge in [-0.25, -0.2) is 18.4 Å². The van der Waals surface area contributed by atoms with Crippen molar-refractivity contribution in [2.24, 2.45) is 0 Å². The molecule has 0 radical (unpaired) electrons. The first-order chi connectivity index (χ1) is 15.8. The van der Waals surface area contributed by atoms with Gasteiger partial charge in [0.05, 0.1) is 17.7 Å². The number of anilines is 2. The molecule has 0 spiro atoms. The summed E-state index contributed by atoms with van der Waals surface area (Å²) in [6.07, 6.45) is 4.33. The van der Waals surface area contributed by atoms with Crippen LogP contribution in [0.25, 0.3) is 10.9 Å². The number of nitrogens with zero attached hydrogens (tertiary/aromatic N) is 5. The maximum Gasteiger partial charge on any atom is 0.279 e. The first-order valence-electron chi connectivity index (χ1n) is 10.5. The number of sulfone groups is 1. The minimum absolute atomic E-state index is 0.113. The van der Waals surface area contributed by atoms with E-state index in [0.29, 0.717) is 11.3 Å². The van der Waals surface area contributed by atoms with Crippen molar-refractivity contribution in [1.82, 2.24) is 19.7 Å². The molecule has 33 heavy (non-hydrogen) atoms. The van der Waals surface area contributed by atoms with Gasteiger partial charge in [-0.2, -0.15) is 5.10 Å². The van der Waals surface area contributed by atoms with Gasteiger partial charge in [-0.3, -0.25) is 14.4 Å². The van der Waals surface area contributed by atoms with Crippen LogP contribution in [-0.4, -0.2) is 40.3 Å². The maximum absolute atomic E-state index is 13.6. The van der Waals surface area contributed by atoms with E-state index in [9.17, 15) is 13.2 Å². The van der Waals surface area contributed by atoms with Gasteiger partial charge >= 0.3 is 0 Å². The molecular formula is C23H22N6O3S. The molecule has 0 saturated heterocycles. The molecule has 0 unspecified atom stereocenters. The van der Waals surface area contributed by atoms with E-state index in [1.165, 1.54) is 11.1 Å². The van der Waals surface area contributed by atoms with Crippen LogP contribution in [-0.2, 0) is 29.3 Å². The van der Waals surface area contributed by atoms with E-state index in [1.54, 1.807) is 24.3 Å². The topological polar surface area (TPSA) is 124 Å². The first-order valence-corrected chi connectivity index (χ1v) is 12.4. The number of nitrogens with two attached hydrogens (primary N) is 1. The maximum atomic E-state index is 13.6. The number of aromatic nitrogens is 4. The van der Waals surface area contributed by atoms with Gasteiger partial charge in [0.25, 0.3) is 5.91 Å². The number of pyridine rings is 2. The highest BCUT2D eigenvalue weighted by atomic mass is 32.2. The highest BCUT2D eigenvalue weighted by molar-refractivity contribution is 7.90. The minimum Gasteiger partial charge on any atom is -0.384 e. The molecule has 5 rings (SSSR count). The van der Waals surface area contributed by atoms with E-state index in [4.69, 9.17) is 5.73 Å². The number of rotatable bonds is 5. The fraction of sp³-hybridized carbons (Fsp3) is 0.217. The van der Waals surface area contributed by atoms with Crippen molar-refractivity contribution < 1.29 is 13.2 Å². The number of carbonyl (C=O) groups is 1. The second-order valence-electron chi connectivity index (χ2n) is 8.10. The molecule has 3 aromatic heterocycles. The van der Waals surface area contributed by atoms with Gasteiger partial charge in [0.2, 0.25) is 0 Å². The summed E-state index contributed by atoms with van der Waals surface area (Å²) in [6.45, 7) is 0.878. The van der Waals surface area contributed by atoms with E-state index >= 15 is 0 Å². The lowest BCUT2D eigenvalue weighted by atomic mass is 10.1. The standard InChI is InChI=1S/C23H22N6O3S/c1-33(31,32)22-20(5-2-10-25-22)28(23(30)19-13-17-4-3-11-29(17)27-19)14-15-6-7-16-8-9-21(24)26-18(16)12-15/h2,5-10,12-13H,3-4,11,14H2,1H3,(H2,24,26). The van der Waals surface area contributed by atoms with Crippen LogP contribution in [0.3, 0.4) is 0 Å². The molecule has 0 aliphatic carbocycles. The lowest BCUT2D eigenvalue weighted by Gasteiger charge is -2.24. The zero-order valence-corrected chi connectivity index (χ0v) is 18.8. The predicted molar refractivity (Wildman–Crippen MR) is 125 cm³/mol. The monoisotopic (exact) mass is 462 g/mol. The van der Waals surface area contributed by atoms with Gasteiger partial charge in [-0.1, -0.05) is 12.1 Å². The van der Waals surface area contributed by atoms with Gasteiger partial charge in [0, 0.05) is 30.1 Å². The van der Waals surface area contributed by atoms with E-state index in [0.717, 1.165) is 42.3 Å². The van der Waals surface area contributed by atoms with E-state index < -0.39 is 15.7 Å². The van der Waals surface area contributed by atoms with Crippen LogP contribution in [0.1, 0.15) is 28.2 Å². The summed E-state index contributed by atoms with van der Waals surface area (Å²) in [6, 6.07) is 14.2. The number of hydrogen-bond acceptors (Lipinski definition) is 7. The largest absolute Gasteiger partial charge is 0.384 e. The number of amides is 1. The molecule has 10 heteroatoms. The molecule has 4 aromatic rings. The Morgan fingerprint density at radius 1 is 1.18 bits per heavy atom. The quantitative estimate of drug-likeness (QED) is 0.483. The summed E-state index contributed by atoms with van der Waals surface area (Å²) in [5.74, 6) is 0.00200. The number of benzene rings is 1. The first kappa shape index (κ1) is 21.1. The number of aryl methyl sites for hydroxylation is 2. The van der Waals surface area contributed by atoms with Crippen molar-refractivity contribution in [3.8, 4) is 0 Å². The van der Waals surface area contributed by atoms with Gasteiger partial charge in [-0.15, -0.1) is 0 Å². The van der Waals surface area contributed by atoms with Crippen LogP contribution in [0.2, 0.25) is 0 Å². The second-order valence-corrected chi connectivity index (χ2v) is 10.0. The van der Waals surface area contributed by atoms with Crippen LogP contribution < -0.4 is 10.6 Å². The summed E-state index contributed by atoms with van der Waals surface area (Å²) < 4.78 is 26.7. The highest BCUT2D eigenvalue weighted by Gasteiger charge is 2.28. The molecule has 9 nitrogen and oxygen atoms in total. The average molecular weight is 463 g/mol. The Labute approximate surface area is 190 Å². The Balaban J connectivity index is 1.60. The molecule has 0 saturated carbocycles. The third-order valence-electron chi connectivity index (χ3n) is 5.64. The van der Waals surface area contributed by atoms with Gasteiger partial charge < -0.3 is 5.73 Å². The zero-order chi connectivity index (χ0) is 23.2. The Kier molecular flexibility index (Phi) is 5.09. The lowest BCUT2D eigenvalue weighted by Crippen LogP contribution is -2.32. The summed E-state index contributed by atoms with van der Waals surface area (Å²) >= 11 is 0. The van der Waals surface area contributed by atoms with E-state index in [-0.39, 0.29) is 23.0 Å². The van der Waals surface area contributed by atoms with Gasteiger partial charge in [-0.05, 0) is 54.8 Å². The molecule has 1 aliphatic heterocycles. The van der Waals surface area contributed by atoms with E-state index in [1.807, 2.05) is 28.9 Å². The molecule has 1 aromatic carbocycles. The summed E-state index contributed by atoms with van der Waals surface area (Å²) in [4.78, 5) is 23.5. The van der Waals surface area contributed by atoms with Crippen molar-refractivity contribution >= 4 is 38.2 Å². The number of carbonyl (C=O) groups excluding carboxylic acids is 1. The van der Waals surface area contributed by atoms with Gasteiger partial charge in [0.1, 0.15) is 5.82 Å². The second kappa shape index (κ2) is 7.96. The number of hydrogen-bond donors (Lipinski definition) is 1. The molecule has 1 amide bonds. The summed E-state index contributed by atoms with van der Waals surface area (Å²) in [5, 5.41) is 5.21. The van der Waals surface area contributed by atoms with Crippen LogP contribution in [0.15, 0.2) is 59.8 Å². The average Bonchev–Trinajstić information content (AvgIpc) is 3.39. The Bertz CT molecular complexity index is 1470. The number of fused-ring (bicyclic) bond motifs is 2. The van der Waals surface area contributed by atoms with Crippen LogP contribution >= 0.6 is 0 Å². The van der Waals surface area contributed by atoms with Crippen molar-refractivity contribution in [3.63, 3.8) is 0 Å². The van der Waals surface area contributed by atoms with Crippen LogP contribution in [0.5, 0.6) is 0 Å². The molecule has 4 heterocycles. The smallest absolute Gasteiger partial charge is 0.279 e. The van der Waals surface area contributed by atoms with Crippen LogP contribution in [0.4, 0.5) is 11.5 Å². The molecule has 168 valence electrons. The van der Waals surface area contributed by atoms with Gasteiger partial charge in [0.15, 0.2) is 20.6 Å². The summed E-state index contributed by atoms with van der Waals surface area (Å²) in [7, 11) is -3.68. The van der Waals surface area contributed by atoms with Crippen LogP contribution in [0, 0.1) is 0 Å². The Morgan fingerprint density at radius 2 is 2.00 bits per heavy atom. The van der Waals surface area contributed by atoms with Crippen molar-refractivity contribution in [1.29, 1.82) is 0 Å². The Hall–Kier alpha value is -3.79. The SMILES string of the molecule is CS(=O)(=O)c1ncccc1N(Cc1ccc2ccc(N)nc2c1)C(=O)c1cc2n(n1)CCC2. The molecule has 0 fully saturated rings. The molecule has 1 aliphatic rings. The normalized spacial score (nSPS) is 13.2. The predicted octanol–water partition coefficient (Wildman–Crippen LogP) is 2.61. The molecule has 0 bridgehead atoms. The Morgan fingerprint density at radius 3 is 2.79 bits per heavy atom. The third kappa shape index (κ3) is 4.05. The number of nitrogen functional groups attached to an aromatic ring is 1. The fourth-order valence-corrected chi connectivity index (χ4v) is 4.91. The fourth-order valence-electron chi connectivity index (χ4n) is 4.10. The lowest BCUT2D eigenvalue weighted by molar-refractivity contribution is 0.0979.